The Hall–Kier alpha value is -2.90. The Kier molecular flexibility index (Phi) is 5.18. The van der Waals surface area contributed by atoms with Gasteiger partial charge in [-0.2, -0.15) is 0 Å². The maximum Gasteiger partial charge on any atom is 0.340 e. The van der Waals surface area contributed by atoms with E-state index >= 15 is 0 Å². The molecule has 24 heavy (non-hydrogen) atoms. The van der Waals surface area contributed by atoms with Gasteiger partial charge in [0.05, 0.1) is 13.0 Å². The van der Waals surface area contributed by atoms with Crippen molar-refractivity contribution in [1.82, 2.24) is 0 Å². The van der Waals surface area contributed by atoms with Gasteiger partial charge in [-0.3, -0.25) is 10.1 Å². The van der Waals surface area contributed by atoms with E-state index in [9.17, 15) is 19.7 Å². The van der Waals surface area contributed by atoms with E-state index in [-0.39, 0.29) is 30.1 Å². The third kappa shape index (κ3) is 3.37. The lowest BCUT2D eigenvalue weighted by molar-refractivity contribution is -0.526. The Morgan fingerprint density at radius 3 is 2.67 bits per heavy atom. The largest absolute Gasteiger partial charge is 0.465 e. The van der Waals surface area contributed by atoms with E-state index in [0.29, 0.717) is 11.3 Å². The summed E-state index contributed by atoms with van der Waals surface area (Å²) < 4.78 is 10.1. The molecule has 8 nitrogen and oxygen atoms in total. The van der Waals surface area contributed by atoms with Crippen LogP contribution in [0.15, 0.2) is 35.7 Å². The first-order chi connectivity index (χ1) is 11.4. The van der Waals surface area contributed by atoms with Gasteiger partial charge in [0.15, 0.2) is 0 Å². The van der Waals surface area contributed by atoms with Crippen LogP contribution in [0.1, 0.15) is 31.2 Å². The van der Waals surface area contributed by atoms with Crippen LogP contribution in [0, 0.1) is 10.1 Å². The van der Waals surface area contributed by atoms with Crippen molar-refractivity contribution in [2.45, 2.75) is 31.7 Å². The van der Waals surface area contributed by atoms with E-state index in [2.05, 4.69) is 0 Å². The minimum Gasteiger partial charge on any atom is -0.465 e. The van der Waals surface area contributed by atoms with Crippen molar-refractivity contribution in [2.75, 3.05) is 7.11 Å². The zero-order valence-electron chi connectivity index (χ0n) is 13.4. The average Bonchev–Trinajstić information content (AvgIpc) is 2.53. The number of rotatable bonds is 6. The molecule has 0 aromatic heterocycles. The molecule has 1 aromatic carbocycles. The number of nitrogens with two attached hydrogens (primary N) is 1. The van der Waals surface area contributed by atoms with Crippen LogP contribution >= 0.6 is 0 Å². The number of ether oxygens (including phenoxy) is 2. The second-order valence-corrected chi connectivity index (χ2v) is 5.48. The van der Waals surface area contributed by atoms with E-state index in [1.54, 1.807) is 24.3 Å². The number of esters is 1. The molecule has 0 saturated carbocycles. The molecule has 128 valence electrons. The van der Waals surface area contributed by atoms with Gasteiger partial charge in [-0.25, -0.2) is 4.79 Å². The zero-order chi connectivity index (χ0) is 17.9. The van der Waals surface area contributed by atoms with E-state index < -0.39 is 22.9 Å². The predicted octanol–water partition coefficient (Wildman–Crippen LogP) is 1.52. The summed E-state index contributed by atoms with van der Waals surface area (Å²) in [4.78, 5) is 34.5. The minimum absolute atomic E-state index is 0.0187. The molecule has 0 unspecified atom stereocenters. The molecule has 8 heteroatoms. The summed E-state index contributed by atoms with van der Waals surface area (Å²) in [6, 6.07) is 5.44. The van der Waals surface area contributed by atoms with Crippen LogP contribution in [0.4, 0.5) is 0 Å². The Balaban J connectivity index is 2.56. The molecule has 0 fully saturated rings. The molecule has 0 amide bonds. The molecule has 2 rings (SSSR count). The highest BCUT2D eigenvalue weighted by Gasteiger charge is 2.44. The average molecular weight is 334 g/mol. The summed E-state index contributed by atoms with van der Waals surface area (Å²) in [5, 5.41) is 11.6. The van der Waals surface area contributed by atoms with Crippen LogP contribution in [-0.4, -0.2) is 29.8 Å². The highest BCUT2D eigenvalue weighted by Crippen LogP contribution is 2.42. The predicted molar refractivity (Wildman–Crippen MR) is 83.7 cm³/mol. The third-order valence-corrected chi connectivity index (χ3v) is 3.90. The number of benzene rings is 1. The smallest absolute Gasteiger partial charge is 0.340 e. The van der Waals surface area contributed by atoms with Gasteiger partial charge < -0.3 is 20.0 Å². The third-order valence-electron chi connectivity index (χ3n) is 3.90. The van der Waals surface area contributed by atoms with Gasteiger partial charge in [0, 0.05) is 23.3 Å². The summed E-state index contributed by atoms with van der Waals surface area (Å²) in [7, 11) is 1.16. The van der Waals surface area contributed by atoms with Crippen molar-refractivity contribution in [2.24, 2.45) is 5.73 Å². The molecule has 0 bridgehead atoms. The lowest BCUT2D eigenvalue weighted by Crippen LogP contribution is -2.36. The fraction of sp³-hybridized carbons (Fsp3) is 0.375. The van der Waals surface area contributed by atoms with Crippen LogP contribution in [-0.2, 0) is 14.3 Å². The van der Waals surface area contributed by atoms with Gasteiger partial charge in [0.1, 0.15) is 17.1 Å². The van der Waals surface area contributed by atoms with Crippen molar-refractivity contribution in [3.63, 3.8) is 0 Å². The number of hydrogen-bond acceptors (Lipinski definition) is 7. The summed E-state index contributed by atoms with van der Waals surface area (Å²) in [5.74, 6) is -1.78. The summed E-state index contributed by atoms with van der Waals surface area (Å²) in [6.45, 7) is 1.36. The molecule has 0 radical (unpaired) electrons. The Bertz CT molecular complexity index is 712. The molecular weight excluding hydrogens is 316 g/mol. The molecule has 1 aromatic rings. The number of nitrogens with zero attached hydrogens (tertiary/aromatic N) is 1. The molecular formula is C16H18N2O6. The molecule has 1 heterocycles. The molecule has 0 saturated heterocycles. The quantitative estimate of drug-likeness (QED) is 0.475. The number of para-hydroxylation sites is 1. The Labute approximate surface area is 138 Å². The van der Waals surface area contributed by atoms with E-state index in [0.717, 1.165) is 7.11 Å². The zero-order valence-corrected chi connectivity index (χ0v) is 13.4. The first-order valence-electron chi connectivity index (χ1n) is 7.34. The molecule has 0 spiro atoms. The van der Waals surface area contributed by atoms with Crippen LogP contribution in [0.5, 0.6) is 5.75 Å². The maximum absolute atomic E-state index is 12.1. The second kappa shape index (κ2) is 7.12. The number of methoxy groups -OCH3 is 1. The lowest BCUT2D eigenvalue weighted by atomic mass is 9.81. The number of carbonyl (C=O) groups excluding carboxylic acids is 2. The molecule has 1 aliphatic rings. The van der Waals surface area contributed by atoms with Crippen molar-refractivity contribution in [3.05, 3.63) is 51.4 Å². The molecule has 2 N–H and O–H groups in total. The highest BCUT2D eigenvalue weighted by molar-refractivity contribution is 5.91. The first-order valence-corrected chi connectivity index (χ1v) is 7.34. The Morgan fingerprint density at radius 2 is 2.08 bits per heavy atom. The summed E-state index contributed by atoms with van der Waals surface area (Å²) in [6.07, 6.45) is 0.00857. The SMILES string of the molecule is COC(=O)C1=C(N)Oc2ccccc2[C@H]1[C@@H](CCC(C)=O)[N+](=O)[O-]. The first kappa shape index (κ1) is 17.5. The molecule has 1 aliphatic heterocycles. The minimum atomic E-state index is -1.20. The van der Waals surface area contributed by atoms with Gasteiger partial charge in [-0.05, 0) is 13.0 Å². The lowest BCUT2D eigenvalue weighted by Gasteiger charge is -2.29. The Morgan fingerprint density at radius 1 is 1.42 bits per heavy atom. The normalized spacial score (nSPS) is 17.5. The van der Waals surface area contributed by atoms with E-state index in [4.69, 9.17) is 15.2 Å². The van der Waals surface area contributed by atoms with Crippen molar-refractivity contribution < 1.29 is 24.0 Å². The van der Waals surface area contributed by atoms with Crippen molar-refractivity contribution >= 4 is 11.8 Å². The van der Waals surface area contributed by atoms with Crippen LogP contribution in [0.25, 0.3) is 0 Å². The van der Waals surface area contributed by atoms with Gasteiger partial charge >= 0.3 is 5.97 Å². The fourth-order valence-electron chi connectivity index (χ4n) is 2.79. The number of carbonyl (C=O) groups is 2. The van der Waals surface area contributed by atoms with Gasteiger partial charge in [0.2, 0.25) is 11.9 Å². The highest BCUT2D eigenvalue weighted by atomic mass is 16.6. The van der Waals surface area contributed by atoms with Crippen molar-refractivity contribution in [1.29, 1.82) is 0 Å². The van der Waals surface area contributed by atoms with Gasteiger partial charge in [-0.15, -0.1) is 0 Å². The van der Waals surface area contributed by atoms with Crippen molar-refractivity contribution in [3.8, 4) is 5.75 Å². The maximum atomic E-state index is 12.1. The summed E-state index contributed by atoms with van der Waals surface area (Å²) >= 11 is 0. The number of hydrogen-bond donors (Lipinski definition) is 1. The van der Waals surface area contributed by atoms with E-state index in [1.807, 2.05) is 0 Å². The van der Waals surface area contributed by atoms with Gasteiger partial charge in [0.25, 0.3) is 0 Å². The monoisotopic (exact) mass is 334 g/mol. The number of nitro groups is 1. The second-order valence-electron chi connectivity index (χ2n) is 5.48. The molecule has 2 atom stereocenters. The number of Topliss-reactive ketones (excluding diaryl/α,β-unsaturated/α-hetero) is 1. The number of ketones is 1. The van der Waals surface area contributed by atoms with Crippen LogP contribution < -0.4 is 10.5 Å². The number of fused-ring (bicyclic) bond motifs is 1. The topological polar surface area (TPSA) is 122 Å². The fourth-order valence-corrected chi connectivity index (χ4v) is 2.79. The standard InChI is InChI=1S/C16H18N2O6/c1-9(19)7-8-11(18(21)22)13-10-5-3-4-6-12(10)24-15(17)14(13)16(20)23-2/h3-6,11,13H,7-8,17H2,1-2H3/t11-,13+/m1/s1. The van der Waals surface area contributed by atoms with Gasteiger partial charge in [-0.1, -0.05) is 18.2 Å². The molecule has 0 aliphatic carbocycles. The van der Waals surface area contributed by atoms with Crippen LogP contribution in [0.2, 0.25) is 0 Å². The summed E-state index contributed by atoms with van der Waals surface area (Å²) in [5.41, 5.74) is 6.20. The van der Waals surface area contributed by atoms with E-state index in [1.165, 1.54) is 6.92 Å². The van der Waals surface area contributed by atoms with Crippen LogP contribution in [0.3, 0.4) is 0 Å².